The molecule has 0 bridgehead atoms. The molecular formula is C16H25N3S. The van der Waals surface area contributed by atoms with Crippen molar-refractivity contribution in [3.8, 4) is 0 Å². The van der Waals surface area contributed by atoms with Crippen LogP contribution >= 0.6 is 12.2 Å². The van der Waals surface area contributed by atoms with Gasteiger partial charge in [0.25, 0.3) is 0 Å². The Morgan fingerprint density at radius 3 is 2.90 bits per heavy atom. The van der Waals surface area contributed by atoms with E-state index >= 15 is 0 Å². The van der Waals surface area contributed by atoms with E-state index in [4.69, 9.17) is 22.9 Å². The Labute approximate surface area is 127 Å². The molecule has 1 aromatic rings. The lowest BCUT2D eigenvalue weighted by atomic mass is 9.94. The fourth-order valence-electron chi connectivity index (χ4n) is 2.75. The summed E-state index contributed by atoms with van der Waals surface area (Å²) in [7, 11) is 0. The molecule has 20 heavy (non-hydrogen) atoms. The zero-order valence-corrected chi connectivity index (χ0v) is 13.4. The van der Waals surface area contributed by atoms with E-state index in [0.717, 1.165) is 30.6 Å². The van der Waals surface area contributed by atoms with E-state index < -0.39 is 0 Å². The number of aryl methyl sites for hydroxylation is 2. The Balaban J connectivity index is 2.23. The third-order valence-electron chi connectivity index (χ3n) is 3.94. The fraction of sp³-hybridized carbons (Fsp3) is 0.625. The highest BCUT2D eigenvalue weighted by atomic mass is 32.1. The van der Waals surface area contributed by atoms with Crippen LogP contribution in [0.2, 0.25) is 0 Å². The summed E-state index contributed by atoms with van der Waals surface area (Å²) in [5.74, 6) is 0.877. The molecule has 1 aromatic heterocycles. The lowest BCUT2D eigenvalue weighted by Crippen LogP contribution is -2.22. The van der Waals surface area contributed by atoms with Crippen molar-refractivity contribution in [3.05, 3.63) is 22.9 Å². The highest BCUT2D eigenvalue weighted by molar-refractivity contribution is 7.80. The van der Waals surface area contributed by atoms with E-state index in [9.17, 15) is 0 Å². The number of unbranched alkanes of at least 4 members (excludes halogenated alkanes) is 1. The summed E-state index contributed by atoms with van der Waals surface area (Å²) < 4.78 is 0. The monoisotopic (exact) mass is 291 g/mol. The number of fused-ring (bicyclic) bond motifs is 1. The molecule has 110 valence electrons. The van der Waals surface area contributed by atoms with Crippen LogP contribution in [0.1, 0.15) is 62.8 Å². The summed E-state index contributed by atoms with van der Waals surface area (Å²) in [4.78, 5) is 5.24. The van der Waals surface area contributed by atoms with Gasteiger partial charge in [-0.2, -0.15) is 0 Å². The average molecular weight is 291 g/mol. The second-order valence-corrected chi connectivity index (χ2v) is 6.19. The maximum absolute atomic E-state index is 5.87. The molecule has 0 fully saturated rings. The quantitative estimate of drug-likeness (QED) is 0.787. The van der Waals surface area contributed by atoms with E-state index in [1.165, 1.54) is 36.9 Å². The van der Waals surface area contributed by atoms with E-state index in [1.807, 2.05) is 0 Å². The van der Waals surface area contributed by atoms with Crippen molar-refractivity contribution in [2.45, 2.75) is 64.8 Å². The van der Waals surface area contributed by atoms with Crippen LogP contribution in [0.4, 0.5) is 5.82 Å². The molecule has 0 saturated carbocycles. The number of rotatable bonds is 6. The number of nitrogens with two attached hydrogens (primary N) is 1. The van der Waals surface area contributed by atoms with Gasteiger partial charge in [0.2, 0.25) is 0 Å². The number of pyridine rings is 1. The molecule has 2 rings (SSSR count). The van der Waals surface area contributed by atoms with Gasteiger partial charge in [-0.15, -0.1) is 0 Å². The number of hydrogen-bond acceptors (Lipinski definition) is 3. The number of aromatic nitrogens is 1. The Bertz CT molecular complexity index is 485. The van der Waals surface area contributed by atoms with Crippen LogP contribution in [-0.2, 0) is 12.8 Å². The first-order valence-electron chi connectivity index (χ1n) is 7.71. The predicted molar refractivity (Wildman–Crippen MR) is 89.4 cm³/mol. The molecule has 0 aliphatic heterocycles. The van der Waals surface area contributed by atoms with Gasteiger partial charge in [-0.05, 0) is 50.7 Å². The minimum atomic E-state index is 0.400. The molecule has 3 nitrogen and oxygen atoms in total. The molecule has 0 aromatic carbocycles. The second kappa shape index (κ2) is 7.02. The molecule has 1 aliphatic rings. The number of nitrogens with one attached hydrogen (secondary N) is 1. The van der Waals surface area contributed by atoms with Crippen molar-refractivity contribution < 1.29 is 0 Å². The third-order valence-corrected chi connectivity index (χ3v) is 4.16. The standard InChI is InChI=1S/C16H25N3S/c1-3-4-7-11(2)18-16-13(15(17)20)10-12-8-5-6-9-14(12)19-16/h10-11H,3-9H2,1-2H3,(H2,17,20)(H,18,19). The Morgan fingerprint density at radius 2 is 2.20 bits per heavy atom. The van der Waals surface area contributed by atoms with Gasteiger partial charge in [0.1, 0.15) is 10.8 Å². The van der Waals surface area contributed by atoms with E-state index in [1.54, 1.807) is 0 Å². The van der Waals surface area contributed by atoms with Crippen LogP contribution in [-0.4, -0.2) is 16.0 Å². The zero-order valence-electron chi connectivity index (χ0n) is 12.5. The predicted octanol–water partition coefficient (Wildman–Crippen LogP) is 3.59. The molecule has 0 saturated heterocycles. The number of anilines is 1. The smallest absolute Gasteiger partial charge is 0.136 e. The summed E-state index contributed by atoms with van der Waals surface area (Å²) in [5.41, 5.74) is 9.33. The number of thiocarbonyl (C=S) groups is 1. The highest BCUT2D eigenvalue weighted by Gasteiger charge is 2.17. The molecule has 1 aliphatic carbocycles. The molecule has 0 spiro atoms. The van der Waals surface area contributed by atoms with Gasteiger partial charge < -0.3 is 11.1 Å². The lowest BCUT2D eigenvalue weighted by Gasteiger charge is -2.21. The summed E-state index contributed by atoms with van der Waals surface area (Å²) >= 11 is 5.19. The minimum absolute atomic E-state index is 0.400. The maximum atomic E-state index is 5.87. The third kappa shape index (κ3) is 3.69. The Kier molecular flexibility index (Phi) is 5.35. The molecule has 0 amide bonds. The van der Waals surface area contributed by atoms with Crippen LogP contribution in [0.5, 0.6) is 0 Å². The van der Waals surface area contributed by atoms with E-state index in [-0.39, 0.29) is 0 Å². The lowest BCUT2D eigenvalue weighted by molar-refractivity contribution is 0.638. The molecule has 1 atom stereocenters. The van der Waals surface area contributed by atoms with Crippen LogP contribution in [0.25, 0.3) is 0 Å². The van der Waals surface area contributed by atoms with Crippen molar-refractivity contribution in [1.29, 1.82) is 0 Å². The van der Waals surface area contributed by atoms with Crippen molar-refractivity contribution in [2.75, 3.05) is 5.32 Å². The van der Waals surface area contributed by atoms with Crippen molar-refractivity contribution in [3.63, 3.8) is 0 Å². The maximum Gasteiger partial charge on any atom is 0.136 e. The molecular weight excluding hydrogens is 266 g/mol. The molecule has 0 radical (unpaired) electrons. The van der Waals surface area contributed by atoms with Crippen LogP contribution < -0.4 is 11.1 Å². The van der Waals surface area contributed by atoms with Crippen LogP contribution in [0, 0.1) is 0 Å². The molecule has 3 N–H and O–H groups in total. The zero-order chi connectivity index (χ0) is 14.5. The second-order valence-electron chi connectivity index (χ2n) is 5.75. The molecule has 4 heteroatoms. The summed E-state index contributed by atoms with van der Waals surface area (Å²) in [6, 6.07) is 2.55. The van der Waals surface area contributed by atoms with Gasteiger partial charge in [0.15, 0.2) is 0 Å². The first-order chi connectivity index (χ1) is 9.61. The Hall–Kier alpha value is -1.16. The molecule has 1 unspecified atom stereocenters. The summed E-state index contributed by atoms with van der Waals surface area (Å²) in [5, 5.41) is 3.50. The Morgan fingerprint density at radius 1 is 1.45 bits per heavy atom. The molecule has 1 heterocycles. The minimum Gasteiger partial charge on any atom is -0.389 e. The summed E-state index contributed by atoms with van der Waals surface area (Å²) in [6.07, 6.45) is 8.23. The highest BCUT2D eigenvalue weighted by Crippen LogP contribution is 2.25. The van der Waals surface area contributed by atoms with Crippen molar-refractivity contribution >= 4 is 23.0 Å². The van der Waals surface area contributed by atoms with Crippen LogP contribution in [0.15, 0.2) is 6.07 Å². The average Bonchev–Trinajstić information content (AvgIpc) is 2.44. The fourth-order valence-corrected chi connectivity index (χ4v) is 2.90. The van der Waals surface area contributed by atoms with Gasteiger partial charge in [0, 0.05) is 11.7 Å². The topological polar surface area (TPSA) is 50.9 Å². The van der Waals surface area contributed by atoms with Crippen molar-refractivity contribution in [2.24, 2.45) is 5.73 Å². The number of nitrogens with zero attached hydrogens (tertiary/aromatic N) is 1. The van der Waals surface area contributed by atoms with Gasteiger partial charge >= 0.3 is 0 Å². The number of hydrogen-bond donors (Lipinski definition) is 2. The van der Waals surface area contributed by atoms with Gasteiger partial charge in [-0.1, -0.05) is 32.0 Å². The van der Waals surface area contributed by atoms with Crippen molar-refractivity contribution in [1.82, 2.24) is 4.98 Å². The van der Waals surface area contributed by atoms with Gasteiger partial charge in [-0.25, -0.2) is 4.98 Å². The van der Waals surface area contributed by atoms with E-state index in [0.29, 0.717) is 11.0 Å². The first kappa shape index (κ1) is 15.2. The summed E-state index contributed by atoms with van der Waals surface area (Å²) in [6.45, 7) is 4.41. The largest absolute Gasteiger partial charge is 0.389 e. The van der Waals surface area contributed by atoms with Gasteiger partial charge in [-0.3, -0.25) is 0 Å². The normalized spacial score (nSPS) is 15.5. The first-order valence-corrected chi connectivity index (χ1v) is 8.11. The van der Waals surface area contributed by atoms with E-state index in [2.05, 4.69) is 25.2 Å². The van der Waals surface area contributed by atoms with Gasteiger partial charge in [0.05, 0.1) is 5.56 Å². The van der Waals surface area contributed by atoms with Crippen LogP contribution in [0.3, 0.4) is 0 Å². The SMILES string of the molecule is CCCCC(C)Nc1nc2c(cc1C(N)=S)CCCC2.